The van der Waals surface area contributed by atoms with Crippen LogP contribution in [0.4, 0.5) is 4.79 Å². The van der Waals surface area contributed by atoms with Crippen LogP contribution in [0, 0.1) is 0 Å². The van der Waals surface area contributed by atoms with E-state index in [0.717, 1.165) is 11.1 Å². The van der Waals surface area contributed by atoms with Crippen LogP contribution in [-0.2, 0) is 14.3 Å². The van der Waals surface area contributed by atoms with Crippen LogP contribution in [0.5, 0.6) is 0 Å². The highest BCUT2D eigenvalue weighted by Gasteiger charge is 2.41. The minimum absolute atomic E-state index is 0.264. The summed E-state index contributed by atoms with van der Waals surface area (Å²) in [5, 5.41) is 0. The third-order valence-electron chi connectivity index (χ3n) is 3.61. The predicted octanol–water partition coefficient (Wildman–Crippen LogP) is 3.82. The number of hydrogen-bond acceptors (Lipinski definition) is 4. The summed E-state index contributed by atoms with van der Waals surface area (Å²) in [4.78, 5) is 26.3. The minimum Gasteiger partial charge on any atom is -0.464 e. The van der Waals surface area contributed by atoms with E-state index in [2.05, 4.69) is 0 Å². The first-order valence-corrected chi connectivity index (χ1v) is 7.60. The molecule has 0 radical (unpaired) electrons. The fraction of sp³-hybridized carbons (Fsp3) is 0.444. The lowest BCUT2D eigenvalue weighted by molar-refractivity contribution is -0.138. The van der Waals surface area contributed by atoms with Gasteiger partial charge < -0.3 is 9.47 Å². The van der Waals surface area contributed by atoms with Crippen LogP contribution in [0.25, 0.3) is 0 Å². The molecule has 2 rings (SSSR count). The number of carbonyl (C=O) groups excluding carboxylic acids is 2. The number of esters is 1. The van der Waals surface area contributed by atoms with Crippen molar-refractivity contribution in [3.63, 3.8) is 0 Å². The van der Waals surface area contributed by atoms with Gasteiger partial charge >= 0.3 is 12.1 Å². The second-order valence-corrected chi connectivity index (χ2v) is 6.60. The lowest BCUT2D eigenvalue weighted by atomic mass is 10.0. The van der Waals surface area contributed by atoms with Crippen LogP contribution in [0.1, 0.15) is 45.7 Å². The van der Waals surface area contributed by atoms with Gasteiger partial charge in [0, 0.05) is 0 Å². The summed E-state index contributed by atoms with van der Waals surface area (Å²) in [5.74, 6) is -0.521. The van der Waals surface area contributed by atoms with Gasteiger partial charge in [0.1, 0.15) is 11.3 Å². The maximum atomic E-state index is 12.7. The van der Waals surface area contributed by atoms with Crippen molar-refractivity contribution in [3.8, 4) is 0 Å². The Hall–Kier alpha value is -2.30. The van der Waals surface area contributed by atoms with E-state index in [1.54, 1.807) is 20.8 Å². The lowest BCUT2D eigenvalue weighted by Crippen LogP contribution is -2.38. The third-order valence-corrected chi connectivity index (χ3v) is 3.61. The Morgan fingerprint density at radius 1 is 1.17 bits per heavy atom. The summed E-state index contributed by atoms with van der Waals surface area (Å²) in [6, 6.07) is 9.35. The van der Waals surface area contributed by atoms with Crippen molar-refractivity contribution < 1.29 is 19.1 Å². The Bertz CT molecular complexity index is 628. The van der Waals surface area contributed by atoms with Crippen LogP contribution < -0.4 is 0 Å². The van der Waals surface area contributed by atoms with Crippen LogP contribution in [0.2, 0.25) is 0 Å². The molecule has 1 aromatic rings. The highest BCUT2D eigenvalue weighted by Crippen LogP contribution is 2.40. The van der Waals surface area contributed by atoms with Gasteiger partial charge in [-0.2, -0.15) is 0 Å². The van der Waals surface area contributed by atoms with E-state index in [4.69, 9.17) is 9.47 Å². The van der Waals surface area contributed by atoms with Gasteiger partial charge in [-0.25, -0.2) is 9.59 Å². The van der Waals surface area contributed by atoms with Crippen molar-refractivity contribution in [2.45, 2.75) is 45.8 Å². The molecule has 124 valence electrons. The van der Waals surface area contributed by atoms with E-state index >= 15 is 0 Å². The molecule has 0 spiro atoms. The molecular formula is C18H23NO4. The zero-order chi connectivity index (χ0) is 17.2. The van der Waals surface area contributed by atoms with E-state index in [-0.39, 0.29) is 11.7 Å². The molecule has 0 aromatic heterocycles. The molecule has 0 saturated carbocycles. The Kier molecular flexibility index (Phi) is 4.78. The van der Waals surface area contributed by atoms with E-state index < -0.39 is 17.7 Å². The van der Waals surface area contributed by atoms with Crippen molar-refractivity contribution in [3.05, 3.63) is 47.2 Å². The first-order valence-electron chi connectivity index (χ1n) is 7.60. The van der Waals surface area contributed by atoms with Gasteiger partial charge in [0.15, 0.2) is 0 Å². The molecule has 1 aliphatic heterocycles. The topological polar surface area (TPSA) is 55.8 Å². The maximum absolute atomic E-state index is 12.7. The maximum Gasteiger partial charge on any atom is 0.415 e. The van der Waals surface area contributed by atoms with Gasteiger partial charge in [-0.3, -0.25) is 4.90 Å². The van der Waals surface area contributed by atoms with E-state index in [0.29, 0.717) is 6.42 Å². The van der Waals surface area contributed by atoms with Gasteiger partial charge in [-0.15, -0.1) is 0 Å². The monoisotopic (exact) mass is 317 g/mol. The lowest BCUT2D eigenvalue weighted by Gasteiger charge is -2.30. The smallest absolute Gasteiger partial charge is 0.415 e. The fourth-order valence-electron chi connectivity index (χ4n) is 2.68. The second kappa shape index (κ2) is 6.44. The van der Waals surface area contributed by atoms with Gasteiger partial charge in [-0.05, 0) is 45.3 Å². The van der Waals surface area contributed by atoms with Crippen molar-refractivity contribution >= 4 is 12.1 Å². The molecular weight excluding hydrogens is 294 g/mol. The first-order chi connectivity index (χ1) is 10.7. The molecule has 0 fully saturated rings. The number of hydrogen-bond donors (Lipinski definition) is 0. The molecule has 23 heavy (non-hydrogen) atoms. The average Bonchev–Trinajstić information content (AvgIpc) is 2.83. The van der Waals surface area contributed by atoms with E-state index in [1.165, 1.54) is 12.0 Å². The molecule has 1 atom stereocenters. The van der Waals surface area contributed by atoms with Gasteiger partial charge in [0.25, 0.3) is 0 Å². The molecule has 1 aliphatic rings. The Labute approximate surface area is 136 Å². The third kappa shape index (κ3) is 3.73. The molecule has 1 heterocycles. The molecule has 0 N–H and O–H groups in total. The minimum atomic E-state index is -0.643. The largest absolute Gasteiger partial charge is 0.464 e. The van der Waals surface area contributed by atoms with Crippen molar-refractivity contribution in [1.29, 1.82) is 0 Å². The summed E-state index contributed by atoms with van der Waals surface area (Å²) >= 11 is 0. The second-order valence-electron chi connectivity index (χ2n) is 6.60. The van der Waals surface area contributed by atoms with Gasteiger partial charge in [0.2, 0.25) is 0 Å². The highest BCUT2D eigenvalue weighted by molar-refractivity contribution is 5.94. The van der Waals surface area contributed by atoms with E-state index in [1.807, 2.05) is 37.3 Å². The first kappa shape index (κ1) is 17.1. The predicted molar refractivity (Wildman–Crippen MR) is 86.6 cm³/mol. The number of amides is 1. The van der Waals surface area contributed by atoms with Crippen molar-refractivity contribution in [1.82, 2.24) is 4.90 Å². The molecule has 1 unspecified atom stereocenters. The average molecular weight is 317 g/mol. The molecule has 1 amide bonds. The van der Waals surface area contributed by atoms with Crippen LogP contribution in [-0.4, -0.2) is 29.7 Å². The number of nitrogens with zero attached hydrogens (tertiary/aromatic N) is 1. The Morgan fingerprint density at radius 2 is 1.78 bits per heavy atom. The Morgan fingerprint density at radius 3 is 2.30 bits per heavy atom. The number of benzene rings is 1. The van der Waals surface area contributed by atoms with Crippen LogP contribution >= 0.6 is 0 Å². The number of ether oxygens (including phenoxy) is 2. The number of rotatable bonds is 2. The zero-order valence-electron chi connectivity index (χ0n) is 14.3. The summed E-state index contributed by atoms with van der Waals surface area (Å²) in [7, 11) is 1.31. The molecule has 1 aromatic carbocycles. The number of carbonyl (C=O) groups is 2. The molecule has 5 nitrogen and oxygen atoms in total. The summed E-state index contributed by atoms with van der Waals surface area (Å²) in [6.07, 6.45) is 0.0387. The molecule has 0 saturated heterocycles. The molecule has 5 heteroatoms. The van der Waals surface area contributed by atoms with Crippen LogP contribution in [0.3, 0.4) is 0 Å². The van der Waals surface area contributed by atoms with Gasteiger partial charge in [0.05, 0.1) is 13.2 Å². The zero-order valence-corrected chi connectivity index (χ0v) is 14.3. The SMILES string of the molecule is COC(=O)C1=C(C)CC(c2ccccc2)N1C(=O)OC(C)(C)C. The normalized spacial score (nSPS) is 18.1. The molecule has 0 bridgehead atoms. The van der Waals surface area contributed by atoms with Crippen molar-refractivity contribution in [2.75, 3.05) is 7.11 Å². The molecule has 0 aliphatic carbocycles. The summed E-state index contributed by atoms with van der Waals surface area (Å²) in [6.45, 7) is 7.24. The highest BCUT2D eigenvalue weighted by atomic mass is 16.6. The standard InChI is InChI=1S/C18H23NO4/c1-12-11-14(13-9-7-6-8-10-13)19(15(12)16(20)22-5)17(21)23-18(2,3)4/h6-10,14H,11H2,1-5H3. The van der Waals surface area contributed by atoms with E-state index in [9.17, 15) is 9.59 Å². The fourth-order valence-corrected chi connectivity index (χ4v) is 2.68. The quantitative estimate of drug-likeness (QED) is 0.778. The Balaban J connectivity index is 2.42. The summed E-state index contributed by atoms with van der Waals surface area (Å²) in [5.41, 5.74) is 1.40. The summed E-state index contributed by atoms with van der Waals surface area (Å²) < 4.78 is 10.3. The van der Waals surface area contributed by atoms with Crippen molar-refractivity contribution in [2.24, 2.45) is 0 Å². The van der Waals surface area contributed by atoms with Gasteiger partial charge in [-0.1, -0.05) is 30.3 Å². The number of methoxy groups -OCH3 is 1. The van der Waals surface area contributed by atoms with Crippen LogP contribution in [0.15, 0.2) is 41.6 Å².